The number of hydrogen-bond acceptors (Lipinski definition) is 13. The lowest BCUT2D eigenvalue weighted by Gasteiger charge is -2.61. The van der Waals surface area contributed by atoms with Gasteiger partial charge in [0.2, 0.25) is 5.91 Å². The lowest BCUT2D eigenvalue weighted by molar-refractivity contribution is -0.305. The number of amides is 1. The molecule has 8 fully saturated rings. The van der Waals surface area contributed by atoms with Crippen molar-refractivity contribution in [2.75, 3.05) is 46.9 Å². The Morgan fingerprint density at radius 2 is 1.19 bits per heavy atom. The van der Waals surface area contributed by atoms with Gasteiger partial charge in [-0.2, -0.15) is 26.3 Å². The Morgan fingerprint density at radius 1 is 0.694 bits per heavy atom. The highest BCUT2D eigenvalue weighted by molar-refractivity contribution is 5.93. The van der Waals surface area contributed by atoms with Crippen LogP contribution in [0.15, 0.2) is 82.7 Å². The van der Waals surface area contributed by atoms with Crippen molar-refractivity contribution in [3.8, 4) is 0 Å². The molecule has 4 saturated carbocycles. The number of alkyl halides is 6. The summed E-state index contributed by atoms with van der Waals surface area (Å²) in [7, 11) is 1.47. The lowest BCUT2D eigenvalue weighted by Crippen LogP contribution is -2.60. The van der Waals surface area contributed by atoms with Crippen LogP contribution in [-0.2, 0) is 42.8 Å². The van der Waals surface area contributed by atoms with Crippen molar-refractivity contribution in [3.63, 3.8) is 0 Å². The van der Waals surface area contributed by atoms with Crippen molar-refractivity contribution >= 4 is 17.8 Å². The number of fused-ring (bicyclic) bond motifs is 5. The fourth-order valence-corrected chi connectivity index (χ4v) is 17.7. The lowest BCUT2D eigenvalue weighted by atomic mass is 9.46. The maximum Gasteiger partial charge on any atom is 0.417 e. The summed E-state index contributed by atoms with van der Waals surface area (Å²) >= 11 is 0. The SMILES string of the molecule is C=C1CC[C@@H]2[C@]3(C)COCO[C@@H]3CC[C@@]2(C)[C@@H]1C/C=C1/C(=O)OC[C@@H]1NC(=O)COC.C=C1OC[C@@H](O)/C1=C\C[C@@H]1C(C)=CC[C@@H]2[C@@H](C)[C@@](O)(C(F)(F)F)CC[C@@]12C.CC1=CC[C@@H]2[C@@H](C)[C@](O)(C(F)(F)F)CC[C@@]2(C)[C@@H]1C/C=C1/C(=O)OC[C@H]1O. The van der Waals surface area contributed by atoms with E-state index in [2.05, 4.69) is 39.2 Å². The first-order chi connectivity index (χ1) is 39.6. The minimum atomic E-state index is -4.65. The van der Waals surface area contributed by atoms with E-state index in [1.54, 1.807) is 6.08 Å². The summed E-state index contributed by atoms with van der Waals surface area (Å²) in [6.07, 6.45) is 5.83. The van der Waals surface area contributed by atoms with Crippen LogP contribution in [0.5, 0.6) is 0 Å². The quantitative estimate of drug-likeness (QED) is 0.0633. The van der Waals surface area contributed by atoms with E-state index in [9.17, 15) is 61.2 Å². The van der Waals surface area contributed by atoms with Crippen LogP contribution in [0.25, 0.3) is 0 Å². The molecule has 0 aromatic rings. The van der Waals surface area contributed by atoms with Gasteiger partial charge < -0.3 is 54.2 Å². The van der Waals surface area contributed by atoms with Gasteiger partial charge in [-0.25, -0.2) is 9.59 Å². The van der Waals surface area contributed by atoms with E-state index in [-0.39, 0.29) is 115 Å². The number of carbonyl (C=O) groups excluding carboxylic acids is 3. The summed E-state index contributed by atoms with van der Waals surface area (Å²) in [4.78, 5) is 36.0. The largest absolute Gasteiger partial charge is 0.491 e. The Kier molecular flexibility index (Phi) is 19.5. The fraction of sp³-hybridized carbons (Fsp3) is 0.738. The molecule has 4 aliphatic heterocycles. The van der Waals surface area contributed by atoms with Gasteiger partial charge in [0.15, 0.2) is 11.2 Å². The maximum absolute atomic E-state index is 13.5. The topological polar surface area (TPSA) is 200 Å². The number of aliphatic hydroxyl groups is 4. The van der Waals surface area contributed by atoms with Crippen LogP contribution in [0.2, 0.25) is 0 Å². The van der Waals surface area contributed by atoms with E-state index in [0.29, 0.717) is 61.7 Å². The average Bonchev–Trinajstić information content (AvgIpc) is 1.33. The van der Waals surface area contributed by atoms with Gasteiger partial charge in [0.25, 0.3) is 0 Å². The summed E-state index contributed by atoms with van der Waals surface area (Å²) in [5, 5.41) is 43.6. The van der Waals surface area contributed by atoms with Crippen molar-refractivity contribution < 1.29 is 89.6 Å². The molecule has 85 heavy (non-hydrogen) atoms. The molecule has 4 heterocycles. The molecule has 0 bridgehead atoms. The van der Waals surface area contributed by atoms with Gasteiger partial charge in [-0.05, 0) is 161 Å². The predicted octanol–water partition coefficient (Wildman–Crippen LogP) is 10.8. The molecule has 0 aromatic carbocycles. The second kappa shape index (κ2) is 24.9. The summed E-state index contributed by atoms with van der Waals surface area (Å²) in [5.41, 5.74) is -1.04. The number of esters is 2. The monoisotopic (exact) mass is 1210 g/mol. The molecule has 6 aliphatic carbocycles. The third-order valence-electron chi connectivity index (χ3n) is 23.0. The fourth-order valence-electron chi connectivity index (χ4n) is 17.7. The molecular weight excluding hydrogens is 1120 g/mol. The van der Waals surface area contributed by atoms with Crippen molar-refractivity contribution in [2.45, 2.75) is 187 Å². The zero-order chi connectivity index (χ0) is 62.6. The molecule has 0 radical (unpaired) electrons. The zero-order valence-electron chi connectivity index (χ0n) is 50.9. The van der Waals surface area contributed by atoms with E-state index in [1.165, 1.54) is 26.5 Å². The second-order valence-electron chi connectivity index (χ2n) is 27.3. The van der Waals surface area contributed by atoms with Gasteiger partial charge in [-0.1, -0.05) is 102 Å². The van der Waals surface area contributed by atoms with Crippen molar-refractivity contribution in [2.24, 2.45) is 69.0 Å². The van der Waals surface area contributed by atoms with Crippen LogP contribution in [0.3, 0.4) is 0 Å². The molecule has 4 saturated heterocycles. The van der Waals surface area contributed by atoms with Gasteiger partial charge in [0.1, 0.15) is 51.2 Å². The Labute approximate surface area is 496 Å². The molecule has 20 heteroatoms. The Bertz CT molecular complexity index is 2600. The standard InChI is InChI=1S/C24H35NO6.C21H29F3O3.C20H27F3O4/c1-15-5-8-19-23(2,10-9-20-24(19,3)13-29-14-31-20)17(15)7-6-16-18(11-30-22(16)27)25-21(26)12-28-4;1-12-5-7-17-13(2)20(26,21(22,23)24)10-9-19(17,4)16(12)8-6-15-14(3)27-11-18(15)25;1-11-4-6-15-12(2)19(26,20(21,22)23)9-8-18(15,3)14(11)7-5-13-16(24)10-27-17(13)25/h6,17-20H,1,5,7-14H2,2-4H3,(H,25,26);5-6,13,16-18,25-26H,3,7-11H2,1-2,4H3;4-5,12,14-16,24,26H,6-10H2,1-3H3/b16-6+;15-6-;13-5+/t17-,18+,19+,20-,23+,24+;13-,16-,17-,18-,19+,20-;12-,14-,15-,16-,18+,19+/m111/s1. The minimum absolute atomic E-state index is 0.000292. The van der Waals surface area contributed by atoms with E-state index in [0.717, 1.165) is 49.9 Å². The molecule has 1 amide bonds. The first kappa shape index (κ1) is 66.6. The average molecular weight is 1210 g/mol. The molecule has 476 valence electrons. The normalized spacial score (nSPS) is 43.1. The van der Waals surface area contributed by atoms with Crippen LogP contribution >= 0.6 is 0 Å². The Balaban J connectivity index is 0.000000167. The first-order valence-corrected chi connectivity index (χ1v) is 30.3. The number of nitrogens with one attached hydrogen (secondary N) is 1. The van der Waals surface area contributed by atoms with Crippen LogP contribution in [0.1, 0.15) is 139 Å². The minimum Gasteiger partial charge on any atom is -0.491 e. The highest BCUT2D eigenvalue weighted by Gasteiger charge is 2.67. The predicted molar refractivity (Wildman–Crippen MR) is 303 cm³/mol. The van der Waals surface area contributed by atoms with Gasteiger partial charge in [0, 0.05) is 18.1 Å². The van der Waals surface area contributed by atoms with Crippen LogP contribution < -0.4 is 5.32 Å². The molecule has 10 aliphatic rings. The highest BCUT2D eigenvalue weighted by atomic mass is 19.4. The van der Waals surface area contributed by atoms with Gasteiger partial charge in [-0.15, -0.1) is 0 Å². The number of cyclic esters (lactones) is 2. The summed E-state index contributed by atoms with van der Waals surface area (Å²) in [5.74, 6) is -2.29. The molecule has 5 N–H and O–H groups in total. The number of allylic oxidation sites excluding steroid dienone is 8. The number of ether oxygens (including phenoxy) is 6. The molecule has 0 aromatic heterocycles. The number of carbonyl (C=O) groups is 3. The third kappa shape index (κ3) is 12.3. The molecule has 10 rings (SSSR count). The Morgan fingerprint density at radius 3 is 1.69 bits per heavy atom. The van der Waals surface area contributed by atoms with Gasteiger partial charge in [-0.3, -0.25) is 4.79 Å². The van der Waals surface area contributed by atoms with Crippen molar-refractivity contribution in [3.05, 3.63) is 82.7 Å². The molecular formula is C65H91F6NO13. The van der Waals surface area contributed by atoms with Crippen LogP contribution in [0, 0.1) is 69.0 Å². The van der Waals surface area contributed by atoms with Crippen molar-refractivity contribution in [1.82, 2.24) is 5.32 Å². The molecule has 14 nitrogen and oxygen atoms in total. The Hall–Kier alpha value is -4.31. The van der Waals surface area contributed by atoms with E-state index in [4.69, 9.17) is 28.4 Å². The highest BCUT2D eigenvalue weighted by Crippen LogP contribution is 2.65. The first-order valence-electron chi connectivity index (χ1n) is 30.3. The van der Waals surface area contributed by atoms with Gasteiger partial charge >= 0.3 is 24.3 Å². The van der Waals surface area contributed by atoms with Crippen LogP contribution in [-0.4, -0.2) is 133 Å². The number of methoxy groups -OCH3 is 1. The smallest absolute Gasteiger partial charge is 0.417 e. The van der Waals surface area contributed by atoms with E-state index in [1.807, 2.05) is 45.1 Å². The molecule has 0 unspecified atom stereocenters. The number of hydrogen-bond donors (Lipinski definition) is 5. The zero-order valence-corrected chi connectivity index (χ0v) is 50.9. The van der Waals surface area contributed by atoms with E-state index < -0.39 is 65.0 Å². The number of halogens is 6. The maximum atomic E-state index is 13.5. The van der Waals surface area contributed by atoms with Crippen LogP contribution in [0.4, 0.5) is 26.3 Å². The third-order valence-corrected chi connectivity index (χ3v) is 23.0. The number of aliphatic hydroxyl groups excluding tert-OH is 2. The summed E-state index contributed by atoms with van der Waals surface area (Å²) in [6, 6.07) is -0.427. The molecule has 18 atom stereocenters. The van der Waals surface area contributed by atoms with E-state index >= 15 is 0 Å². The van der Waals surface area contributed by atoms with Gasteiger partial charge in [0.05, 0.1) is 29.9 Å². The number of rotatable bonds is 9. The molecule has 0 spiro atoms. The second-order valence-corrected chi connectivity index (χ2v) is 27.3. The van der Waals surface area contributed by atoms with Crippen molar-refractivity contribution in [1.29, 1.82) is 0 Å². The summed E-state index contributed by atoms with van der Waals surface area (Å²) in [6.45, 7) is 25.4. The summed E-state index contributed by atoms with van der Waals surface area (Å²) < 4.78 is 113.